The smallest absolute Gasteiger partial charge is 0.305 e. The zero-order valence-electron chi connectivity index (χ0n) is 62.7. The number of amides is 1. The van der Waals surface area contributed by atoms with Gasteiger partial charge in [0.25, 0.3) is 0 Å². The molecule has 95 heavy (non-hydrogen) atoms. The summed E-state index contributed by atoms with van der Waals surface area (Å²) in [6, 6.07) is -0.823. The summed E-state index contributed by atoms with van der Waals surface area (Å²) in [6.07, 6.45) is 86.5. The van der Waals surface area contributed by atoms with E-state index in [0.717, 1.165) is 51.4 Å². The van der Waals surface area contributed by atoms with Gasteiger partial charge in [-0.05, 0) is 70.6 Å². The normalized spacial score (nSPS) is 17.5. The molecule has 1 fully saturated rings. The van der Waals surface area contributed by atoms with Crippen molar-refractivity contribution in [3.8, 4) is 0 Å². The van der Waals surface area contributed by atoms with Crippen LogP contribution in [0.1, 0.15) is 425 Å². The highest BCUT2D eigenvalue weighted by Crippen LogP contribution is 2.24. The van der Waals surface area contributed by atoms with Gasteiger partial charge in [0.05, 0.1) is 32.0 Å². The highest BCUT2D eigenvalue weighted by molar-refractivity contribution is 5.76. The third-order valence-electron chi connectivity index (χ3n) is 20.0. The Bertz CT molecular complexity index is 1670. The maximum atomic E-state index is 13.0. The van der Waals surface area contributed by atoms with Gasteiger partial charge in [-0.25, -0.2) is 0 Å². The van der Waals surface area contributed by atoms with E-state index in [0.29, 0.717) is 19.4 Å². The van der Waals surface area contributed by atoms with E-state index in [1.807, 2.05) is 6.08 Å². The average molecular weight is 1340 g/mol. The first-order chi connectivity index (χ1) is 46.7. The van der Waals surface area contributed by atoms with Crippen LogP contribution in [0.2, 0.25) is 0 Å². The van der Waals surface area contributed by atoms with Gasteiger partial charge in [0.15, 0.2) is 6.29 Å². The Kier molecular flexibility index (Phi) is 69.9. The first-order valence-electron chi connectivity index (χ1n) is 41.8. The Balaban J connectivity index is 1.84. The summed E-state index contributed by atoms with van der Waals surface area (Å²) in [4.78, 5) is 25.2. The van der Waals surface area contributed by atoms with Gasteiger partial charge in [0.1, 0.15) is 24.4 Å². The minimum Gasteiger partial charge on any atom is -0.466 e. The van der Waals surface area contributed by atoms with Crippen LogP contribution < -0.4 is 5.32 Å². The number of rotatable bonds is 75. The summed E-state index contributed by atoms with van der Waals surface area (Å²) in [7, 11) is 0. The molecule has 7 atom stereocenters. The molecule has 0 aromatic heterocycles. The van der Waals surface area contributed by atoms with Crippen LogP contribution in [0.5, 0.6) is 0 Å². The molecule has 0 radical (unpaired) electrons. The summed E-state index contributed by atoms with van der Waals surface area (Å²) in [5.41, 5.74) is 0. The van der Waals surface area contributed by atoms with E-state index in [-0.39, 0.29) is 18.5 Å². The number of esters is 1. The van der Waals surface area contributed by atoms with Crippen LogP contribution in [-0.4, -0.2) is 100 Å². The highest BCUT2D eigenvalue weighted by atomic mass is 16.7. The molecule has 0 aromatic carbocycles. The van der Waals surface area contributed by atoms with E-state index in [2.05, 4.69) is 43.5 Å². The SMILES string of the molecule is CCCCCC/C=C/CC/C=C/C(O)C(COC1OC(CO)C(O)C(O)C1O)NC(=O)CCCCCCCCCCCCCCCCCCC/C=C\CCCCCCCCCCCCCCCCCCCCOC(=O)CCCCCCCCCCCCCCCCCCCC. The first kappa shape index (κ1) is 90.9. The van der Waals surface area contributed by atoms with Gasteiger partial charge in [0, 0.05) is 12.8 Å². The number of allylic oxidation sites excluding steroid dienone is 5. The molecule has 1 aliphatic rings. The van der Waals surface area contributed by atoms with Crippen molar-refractivity contribution in [2.24, 2.45) is 0 Å². The summed E-state index contributed by atoms with van der Waals surface area (Å²) in [5, 5.41) is 54.4. The van der Waals surface area contributed by atoms with E-state index in [1.54, 1.807) is 6.08 Å². The van der Waals surface area contributed by atoms with Crippen molar-refractivity contribution in [1.82, 2.24) is 5.32 Å². The molecule has 0 aliphatic carbocycles. The van der Waals surface area contributed by atoms with Crippen LogP contribution >= 0.6 is 0 Å². The second kappa shape index (κ2) is 73.1. The molecule has 11 heteroatoms. The van der Waals surface area contributed by atoms with Crippen molar-refractivity contribution in [1.29, 1.82) is 0 Å². The zero-order chi connectivity index (χ0) is 68.6. The van der Waals surface area contributed by atoms with E-state index in [9.17, 15) is 35.1 Å². The molecule has 0 saturated carbocycles. The van der Waals surface area contributed by atoms with Crippen LogP contribution in [0.3, 0.4) is 0 Å². The molecule has 7 unspecified atom stereocenters. The van der Waals surface area contributed by atoms with Crippen LogP contribution in [0, 0.1) is 0 Å². The lowest BCUT2D eigenvalue weighted by atomic mass is 9.99. The maximum absolute atomic E-state index is 13.0. The summed E-state index contributed by atoms with van der Waals surface area (Å²) in [5.74, 6) is -0.166. The standard InChI is InChI=1S/C84H159NO10/c1-3-5-7-9-11-13-15-16-17-18-43-46-49-52-56-60-64-68-72-80(89)93-73-69-65-61-57-53-50-47-44-41-39-37-35-33-31-29-27-25-23-21-19-20-22-24-26-28-30-32-34-36-38-40-42-45-48-51-55-59-63-67-71-79(88)85-76(75-94-84-83(92)82(91)81(90)78(74-86)95-84)77(87)70-66-62-58-54-14-12-10-8-6-4-2/h14,19-20,54,66,70,76-78,81-84,86-87,90-92H,3-13,15-18,21-53,55-65,67-69,71-75H2,1-2H3,(H,85,88)/b20-19-,54-14+,70-66+. The Morgan fingerprint density at radius 1 is 0.379 bits per heavy atom. The van der Waals surface area contributed by atoms with E-state index >= 15 is 0 Å². The van der Waals surface area contributed by atoms with Crippen molar-refractivity contribution in [2.45, 2.75) is 468 Å². The third-order valence-corrected chi connectivity index (χ3v) is 20.0. The van der Waals surface area contributed by atoms with Gasteiger partial charge in [-0.2, -0.15) is 0 Å². The fourth-order valence-electron chi connectivity index (χ4n) is 13.5. The molecule has 1 heterocycles. The topological polar surface area (TPSA) is 175 Å². The monoisotopic (exact) mass is 1340 g/mol. The second-order valence-electron chi connectivity index (χ2n) is 29.2. The van der Waals surface area contributed by atoms with Crippen LogP contribution in [0.25, 0.3) is 0 Å². The van der Waals surface area contributed by atoms with Crippen LogP contribution in [0.15, 0.2) is 36.5 Å². The summed E-state index contributed by atoms with van der Waals surface area (Å²) >= 11 is 0. The lowest BCUT2D eigenvalue weighted by molar-refractivity contribution is -0.302. The van der Waals surface area contributed by atoms with Crippen molar-refractivity contribution in [3.63, 3.8) is 0 Å². The largest absolute Gasteiger partial charge is 0.466 e. The molecule has 1 rings (SSSR count). The molecular weight excluding hydrogens is 1180 g/mol. The molecule has 560 valence electrons. The molecule has 11 nitrogen and oxygen atoms in total. The summed E-state index contributed by atoms with van der Waals surface area (Å²) < 4.78 is 16.8. The quantitative estimate of drug-likeness (QED) is 0.0195. The van der Waals surface area contributed by atoms with E-state index in [1.165, 1.54) is 347 Å². The van der Waals surface area contributed by atoms with Crippen molar-refractivity contribution >= 4 is 11.9 Å². The first-order valence-corrected chi connectivity index (χ1v) is 41.8. The number of carbonyl (C=O) groups excluding carboxylic acids is 2. The van der Waals surface area contributed by atoms with Crippen LogP contribution in [0.4, 0.5) is 0 Å². The molecule has 1 aliphatic heterocycles. The fraction of sp³-hybridized carbons (Fsp3) is 0.905. The molecule has 0 spiro atoms. The summed E-state index contributed by atoms with van der Waals surface area (Å²) in [6.45, 7) is 4.35. The van der Waals surface area contributed by atoms with Gasteiger partial charge in [-0.3, -0.25) is 9.59 Å². The number of hydrogen-bond acceptors (Lipinski definition) is 10. The Morgan fingerprint density at radius 3 is 1.05 bits per heavy atom. The van der Waals surface area contributed by atoms with Crippen molar-refractivity contribution in [3.05, 3.63) is 36.5 Å². The molecule has 1 amide bonds. The molecule has 1 saturated heterocycles. The number of aliphatic hydroxyl groups is 5. The fourth-order valence-corrected chi connectivity index (χ4v) is 13.5. The Hall–Kier alpha value is -2.12. The van der Waals surface area contributed by atoms with Crippen molar-refractivity contribution < 1.29 is 49.3 Å². The number of ether oxygens (including phenoxy) is 3. The predicted octanol–water partition coefficient (Wildman–Crippen LogP) is 22.9. The minimum atomic E-state index is -1.57. The number of unbranched alkanes of at least 4 members (excludes halogenated alkanes) is 57. The number of carbonyl (C=O) groups is 2. The van der Waals surface area contributed by atoms with Gasteiger partial charge < -0.3 is 45.1 Å². The van der Waals surface area contributed by atoms with Crippen molar-refractivity contribution in [2.75, 3.05) is 19.8 Å². The minimum absolute atomic E-state index is 0.0218. The Labute approximate surface area is 587 Å². The molecule has 6 N–H and O–H groups in total. The van der Waals surface area contributed by atoms with Gasteiger partial charge in [-0.1, -0.05) is 378 Å². The average Bonchev–Trinajstić information content (AvgIpc) is 0.872. The predicted molar refractivity (Wildman–Crippen MR) is 403 cm³/mol. The maximum Gasteiger partial charge on any atom is 0.305 e. The molecular formula is C84H159NO10. The van der Waals surface area contributed by atoms with Gasteiger partial charge >= 0.3 is 5.97 Å². The zero-order valence-corrected chi connectivity index (χ0v) is 62.7. The Morgan fingerprint density at radius 2 is 0.684 bits per heavy atom. The number of hydrogen-bond donors (Lipinski definition) is 6. The van der Waals surface area contributed by atoms with Gasteiger partial charge in [0.2, 0.25) is 5.91 Å². The molecule has 0 bridgehead atoms. The van der Waals surface area contributed by atoms with E-state index < -0.39 is 49.5 Å². The second-order valence-corrected chi connectivity index (χ2v) is 29.2. The lowest BCUT2D eigenvalue weighted by Gasteiger charge is -2.40. The van der Waals surface area contributed by atoms with Crippen LogP contribution in [-0.2, 0) is 23.8 Å². The number of aliphatic hydroxyl groups excluding tert-OH is 5. The van der Waals surface area contributed by atoms with Gasteiger partial charge in [-0.15, -0.1) is 0 Å². The third kappa shape index (κ3) is 61.5. The molecule has 0 aromatic rings. The lowest BCUT2D eigenvalue weighted by Crippen LogP contribution is -2.60. The number of nitrogens with one attached hydrogen (secondary N) is 1. The highest BCUT2D eigenvalue weighted by Gasteiger charge is 2.44. The van der Waals surface area contributed by atoms with E-state index in [4.69, 9.17) is 14.2 Å².